The van der Waals surface area contributed by atoms with Crippen LogP contribution < -0.4 is 10.5 Å². The molecule has 0 radical (unpaired) electrons. The highest BCUT2D eigenvalue weighted by Gasteiger charge is 2.30. The van der Waals surface area contributed by atoms with Gasteiger partial charge in [0.25, 0.3) is 5.92 Å². The van der Waals surface area contributed by atoms with Gasteiger partial charge in [0, 0.05) is 19.0 Å². The van der Waals surface area contributed by atoms with Crippen molar-refractivity contribution in [1.82, 2.24) is 0 Å². The minimum Gasteiger partial charge on any atom is -0.496 e. The lowest BCUT2D eigenvalue weighted by atomic mass is 10.0. The summed E-state index contributed by atoms with van der Waals surface area (Å²) in [5.41, 5.74) is 5.33. The molecule has 1 rings (SSSR count). The van der Waals surface area contributed by atoms with Crippen LogP contribution in [0.25, 0.3) is 0 Å². The second-order valence-corrected chi connectivity index (χ2v) is 3.57. The van der Waals surface area contributed by atoms with Gasteiger partial charge in [-0.05, 0) is 6.07 Å². The second-order valence-electron chi connectivity index (χ2n) is 3.57. The molecular formula is C11H15F2NO2. The van der Waals surface area contributed by atoms with E-state index in [1.54, 1.807) is 0 Å². The van der Waals surface area contributed by atoms with E-state index in [0.717, 1.165) is 6.92 Å². The lowest BCUT2D eigenvalue weighted by molar-refractivity contribution is 0.0146. The number of hydrogen-bond donors (Lipinski definition) is 2. The van der Waals surface area contributed by atoms with Crippen molar-refractivity contribution in [3.05, 3.63) is 29.3 Å². The third-order valence-corrected chi connectivity index (χ3v) is 2.30. The molecule has 3 nitrogen and oxygen atoms in total. The maximum Gasteiger partial charge on any atom is 0.274 e. The molecule has 0 aliphatic carbocycles. The van der Waals surface area contributed by atoms with Gasteiger partial charge in [0.2, 0.25) is 0 Å². The number of rotatable bonds is 4. The lowest BCUT2D eigenvalue weighted by Crippen LogP contribution is -2.16. The molecular weight excluding hydrogens is 216 g/mol. The van der Waals surface area contributed by atoms with Crippen molar-refractivity contribution in [2.45, 2.75) is 19.0 Å². The highest BCUT2D eigenvalue weighted by molar-refractivity contribution is 5.45. The fourth-order valence-electron chi connectivity index (χ4n) is 1.52. The fourth-order valence-corrected chi connectivity index (χ4v) is 1.52. The minimum absolute atomic E-state index is 0.00653. The van der Waals surface area contributed by atoms with Gasteiger partial charge in [0.15, 0.2) is 0 Å². The van der Waals surface area contributed by atoms with Gasteiger partial charge in [0.1, 0.15) is 5.75 Å². The maximum absolute atomic E-state index is 13.3. The molecule has 0 spiro atoms. The SMILES string of the molecule is COc1c(C(O)CN)cccc1C(C)(F)F. The van der Waals surface area contributed by atoms with Crippen molar-refractivity contribution < 1.29 is 18.6 Å². The molecule has 5 heteroatoms. The summed E-state index contributed by atoms with van der Waals surface area (Å²) >= 11 is 0. The van der Waals surface area contributed by atoms with Gasteiger partial charge >= 0.3 is 0 Å². The monoisotopic (exact) mass is 231 g/mol. The molecule has 0 saturated carbocycles. The zero-order valence-electron chi connectivity index (χ0n) is 9.21. The molecule has 0 heterocycles. The number of halogens is 2. The van der Waals surface area contributed by atoms with E-state index in [-0.39, 0.29) is 23.4 Å². The summed E-state index contributed by atoms with van der Waals surface area (Å²) in [5, 5.41) is 9.58. The first-order valence-electron chi connectivity index (χ1n) is 4.85. The van der Waals surface area contributed by atoms with Crippen molar-refractivity contribution in [1.29, 1.82) is 0 Å². The van der Waals surface area contributed by atoms with Crippen LogP contribution in [-0.2, 0) is 5.92 Å². The molecule has 1 atom stereocenters. The molecule has 0 saturated heterocycles. The molecule has 16 heavy (non-hydrogen) atoms. The van der Waals surface area contributed by atoms with Gasteiger partial charge in [-0.15, -0.1) is 0 Å². The predicted octanol–water partition coefficient (Wildman–Crippen LogP) is 1.80. The van der Waals surface area contributed by atoms with E-state index in [4.69, 9.17) is 10.5 Å². The van der Waals surface area contributed by atoms with Crippen LogP contribution in [0.3, 0.4) is 0 Å². The molecule has 0 aliphatic heterocycles. The van der Waals surface area contributed by atoms with E-state index in [2.05, 4.69) is 0 Å². The average Bonchev–Trinajstić information content (AvgIpc) is 2.25. The normalized spacial score (nSPS) is 13.6. The van der Waals surface area contributed by atoms with E-state index in [1.165, 1.54) is 25.3 Å². The molecule has 0 aromatic heterocycles. The van der Waals surface area contributed by atoms with Crippen LogP contribution >= 0.6 is 0 Å². The number of para-hydroxylation sites is 1. The van der Waals surface area contributed by atoms with Crippen LogP contribution in [0.2, 0.25) is 0 Å². The van der Waals surface area contributed by atoms with Crippen molar-refractivity contribution >= 4 is 0 Å². The van der Waals surface area contributed by atoms with Crippen LogP contribution in [0.4, 0.5) is 8.78 Å². The Bertz CT molecular complexity index is 363. The lowest BCUT2D eigenvalue weighted by Gasteiger charge is -2.19. The molecule has 1 unspecified atom stereocenters. The Labute approximate surface area is 92.8 Å². The number of aliphatic hydroxyl groups is 1. The third-order valence-electron chi connectivity index (χ3n) is 2.30. The third kappa shape index (κ3) is 2.48. The maximum atomic E-state index is 13.3. The second kappa shape index (κ2) is 4.76. The van der Waals surface area contributed by atoms with Crippen LogP contribution in [-0.4, -0.2) is 18.8 Å². The van der Waals surface area contributed by atoms with Crippen molar-refractivity contribution in [3.8, 4) is 5.75 Å². The predicted molar refractivity (Wildman–Crippen MR) is 56.6 cm³/mol. The Kier molecular flexibility index (Phi) is 3.83. The first-order valence-corrected chi connectivity index (χ1v) is 4.85. The summed E-state index contributed by atoms with van der Waals surface area (Å²) in [4.78, 5) is 0. The van der Waals surface area contributed by atoms with Crippen molar-refractivity contribution in [2.75, 3.05) is 13.7 Å². The van der Waals surface area contributed by atoms with Gasteiger partial charge in [-0.1, -0.05) is 12.1 Å². The van der Waals surface area contributed by atoms with E-state index in [9.17, 15) is 13.9 Å². The van der Waals surface area contributed by atoms with Gasteiger partial charge in [-0.2, -0.15) is 0 Å². The number of nitrogens with two attached hydrogens (primary N) is 1. The quantitative estimate of drug-likeness (QED) is 0.830. The summed E-state index contributed by atoms with van der Waals surface area (Å²) in [6, 6.07) is 4.24. The highest BCUT2D eigenvalue weighted by Crippen LogP contribution is 2.38. The van der Waals surface area contributed by atoms with Gasteiger partial charge in [-0.3, -0.25) is 0 Å². The first kappa shape index (κ1) is 12.9. The molecule has 90 valence electrons. The van der Waals surface area contributed by atoms with Crippen LogP contribution in [0.15, 0.2) is 18.2 Å². The fraction of sp³-hybridized carbons (Fsp3) is 0.455. The van der Waals surface area contributed by atoms with E-state index >= 15 is 0 Å². The van der Waals surface area contributed by atoms with Crippen LogP contribution in [0.1, 0.15) is 24.2 Å². The molecule has 1 aromatic carbocycles. The number of hydrogen-bond acceptors (Lipinski definition) is 3. The Balaban J connectivity index is 3.32. The number of aliphatic hydroxyl groups excluding tert-OH is 1. The summed E-state index contributed by atoms with van der Waals surface area (Å²) in [7, 11) is 1.29. The molecule has 0 amide bonds. The summed E-state index contributed by atoms with van der Waals surface area (Å²) in [5.74, 6) is -3.02. The zero-order valence-corrected chi connectivity index (χ0v) is 9.21. The molecule has 0 aliphatic rings. The summed E-state index contributed by atoms with van der Waals surface area (Å²) in [6.45, 7) is 0.735. The summed E-state index contributed by atoms with van der Waals surface area (Å²) in [6.07, 6.45) is -1.00. The Morgan fingerprint density at radius 2 is 2.12 bits per heavy atom. The van der Waals surface area contributed by atoms with Crippen LogP contribution in [0, 0.1) is 0 Å². The number of methoxy groups -OCH3 is 1. The van der Waals surface area contributed by atoms with Crippen molar-refractivity contribution in [3.63, 3.8) is 0 Å². The highest BCUT2D eigenvalue weighted by atomic mass is 19.3. The molecule has 0 bridgehead atoms. The standard InChI is InChI=1S/C11H15F2NO2/c1-11(12,13)8-5-3-4-7(9(15)6-14)10(8)16-2/h3-5,9,15H,6,14H2,1-2H3. The Morgan fingerprint density at radius 1 is 1.50 bits per heavy atom. The Morgan fingerprint density at radius 3 is 2.56 bits per heavy atom. The Hall–Kier alpha value is -1.20. The first-order chi connectivity index (χ1) is 7.41. The molecule has 1 aromatic rings. The van der Waals surface area contributed by atoms with E-state index < -0.39 is 12.0 Å². The number of ether oxygens (including phenoxy) is 1. The topological polar surface area (TPSA) is 55.5 Å². The smallest absolute Gasteiger partial charge is 0.274 e. The van der Waals surface area contributed by atoms with Gasteiger partial charge < -0.3 is 15.6 Å². The molecule has 0 fully saturated rings. The van der Waals surface area contributed by atoms with E-state index in [1.807, 2.05) is 0 Å². The van der Waals surface area contributed by atoms with Gasteiger partial charge in [0.05, 0.1) is 18.8 Å². The summed E-state index contributed by atoms with van der Waals surface area (Å²) < 4.78 is 31.4. The van der Waals surface area contributed by atoms with Crippen molar-refractivity contribution in [2.24, 2.45) is 5.73 Å². The van der Waals surface area contributed by atoms with Gasteiger partial charge in [-0.25, -0.2) is 8.78 Å². The van der Waals surface area contributed by atoms with E-state index in [0.29, 0.717) is 0 Å². The number of alkyl halides is 2. The molecule has 3 N–H and O–H groups in total. The number of benzene rings is 1. The average molecular weight is 231 g/mol. The zero-order chi connectivity index (χ0) is 12.3. The largest absolute Gasteiger partial charge is 0.496 e. The minimum atomic E-state index is -3.02. The van der Waals surface area contributed by atoms with Crippen LogP contribution in [0.5, 0.6) is 5.75 Å².